The highest BCUT2D eigenvalue weighted by Crippen LogP contribution is 2.14. The molecule has 0 aromatic heterocycles. The fraction of sp³-hybridized carbons (Fsp3) is 0.0714. The standard InChI is InChI=1S/C14H12BrN/c1-11-5-7-14(8-6-11)16-10-12-3-2-4-13(15)9-12/h2-10H,1H3. The van der Waals surface area contributed by atoms with E-state index >= 15 is 0 Å². The molecule has 0 aliphatic rings. The first-order valence-electron chi connectivity index (χ1n) is 5.10. The molecule has 0 atom stereocenters. The van der Waals surface area contributed by atoms with E-state index in [1.165, 1.54) is 5.56 Å². The Morgan fingerprint density at radius 1 is 1.06 bits per heavy atom. The SMILES string of the molecule is Cc1ccc(N=Cc2cccc(Br)c2)cc1. The minimum absolute atomic E-state index is 0.977. The van der Waals surface area contributed by atoms with E-state index in [4.69, 9.17) is 0 Å². The Kier molecular flexibility index (Phi) is 3.52. The lowest BCUT2D eigenvalue weighted by Crippen LogP contribution is -1.79. The Labute approximate surface area is 104 Å². The molecule has 0 fully saturated rings. The highest BCUT2D eigenvalue weighted by atomic mass is 79.9. The summed E-state index contributed by atoms with van der Waals surface area (Å²) in [5.74, 6) is 0. The number of halogens is 1. The molecule has 0 saturated heterocycles. The molecule has 80 valence electrons. The molecule has 0 heterocycles. The third kappa shape index (κ3) is 3.04. The fourth-order valence-electron chi connectivity index (χ4n) is 1.37. The largest absolute Gasteiger partial charge is 0.256 e. The van der Waals surface area contributed by atoms with Gasteiger partial charge < -0.3 is 0 Å². The van der Waals surface area contributed by atoms with Crippen molar-refractivity contribution in [2.24, 2.45) is 4.99 Å². The topological polar surface area (TPSA) is 12.4 Å². The number of rotatable bonds is 2. The summed E-state index contributed by atoms with van der Waals surface area (Å²) in [5, 5.41) is 0. The first kappa shape index (κ1) is 11.1. The molecule has 2 rings (SSSR count). The van der Waals surface area contributed by atoms with Gasteiger partial charge in [-0.3, -0.25) is 4.99 Å². The van der Waals surface area contributed by atoms with E-state index in [0.29, 0.717) is 0 Å². The second-order valence-corrected chi connectivity index (χ2v) is 4.56. The molecule has 0 aliphatic heterocycles. The van der Waals surface area contributed by atoms with E-state index < -0.39 is 0 Å². The van der Waals surface area contributed by atoms with Gasteiger partial charge in [-0.15, -0.1) is 0 Å². The maximum Gasteiger partial charge on any atom is 0.0630 e. The lowest BCUT2D eigenvalue weighted by Gasteiger charge is -1.96. The van der Waals surface area contributed by atoms with Gasteiger partial charge in [0.05, 0.1) is 5.69 Å². The van der Waals surface area contributed by atoms with Gasteiger partial charge in [0.25, 0.3) is 0 Å². The van der Waals surface area contributed by atoms with Gasteiger partial charge >= 0.3 is 0 Å². The molecule has 0 aliphatic carbocycles. The van der Waals surface area contributed by atoms with Gasteiger partial charge in [-0.2, -0.15) is 0 Å². The highest BCUT2D eigenvalue weighted by Gasteiger charge is 1.90. The zero-order valence-corrected chi connectivity index (χ0v) is 10.6. The molecule has 0 unspecified atom stereocenters. The third-order valence-corrected chi connectivity index (χ3v) is 2.74. The maximum atomic E-state index is 4.41. The van der Waals surface area contributed by atoms with Gasteiger partial charge in [-0.05, 0) is 36.8 Å². The molecule has 0 N–H and O–H groups in total. The van der Waals surface area contributed by atoms with Crippen LogP contribution in [0.4, 0.5) is 5.69 Å². The normalized spacial score (nSPS) is 10.9. The Balaban J connectivity index is 2.18. The second kappa shape index (κ2) is 5.08. The molecule has 0 bridgehead atoms. The van der Waals surface area contributed by atoms with Crippen LogP contribution in [0.1, 0.15) is 11.1 Å². The van der Waals surface area contributed by atoms with Gasteiger partial charge in [0, 0.05) is 10.7 Å². The van der Waals surface area contributed by atoms with Crippen LogP contribution in [0.25, 0.3) is 0 Å². The average Bonchev–Trinajstić information content (AvgIpc) is 2.28. The van der Waals surface area contributed by atoms with E-state index in [2.05, 4.69) is 40.0 Å². The Hall–Kier alpha value is -1.41. The average molecular weight is 274 g/mol. The van der Waals surface area contributed by atoms with Crippen LogP contribution in [0.5, 0.6) is 0 Å². The first-order valence-corrected chi connectivity index (χ1v) is 5.90. The van der Waals surface area contributed by atoms with Crippen molar-refractivity contribution in [2.75, 3.05) is 0 Å². The maximum absolute atomic E-state index is 4.41. The predicted molar refractivity (Wildman–Crippen MR) is 72.6 cm³/mol. The van der Waals surface area contributed by atoms with Crippen LogP contribution >= 0.6 is 15.9 Å². The summed E-state index contributed by atoms with van der Waals surface area (Å²) >= 11 is 3.44. The van der Waals surface area contributed by atoms with Crippen LogP contribution in [0.15, 0.2) is 58.0 Å². The zero-order chi connectivity index (χ0) is 11.4. The number of benzene rings is 2. The Bertz CT molecular complexity index is 500. The van der Waals surface area contributed by atoms with Crippen molar-refractivity contribution in [1.29, 1.82) is 0 Å². The minimum atomic E-state index is 0.977. The van der Waals surface area contributed by atoms with Crippen molar-refractivity contribution in [1.82, 2.24) is 0 Å². The first-order chi connectivity index (χ1) is 7.74. The molecule has 1 nitrogen and oxygen atoms in total. The van der Waals surface area contributed by atoms with E-state index in [9.17, 15) is 0 Å². The Morgan fingerprint density at radius 3 is 2.50 bits per heavy atom. The second-order valence-electron chi connectivity index (χ2n) is 3.65. The summed E-state index contributed by atoms with van der Waals surface area (Å²) in [6.07, 6.45) is 1.87. The van der Waals surface area contributed by atoms with Crippen molar-refractivity contribution >= 4 is 27.8 Å². The summed E-state index contributed by atoms with van der Waals surface area (Å²) in [6, 6.07) is 16.2. The van der Waals surface area contributed by atoms with E-state index in [1.807, 2.05) is 42.6 Å². The van der Waals surface area contributed by atoms with Gasteiger partial charge in [0.2, 0.25) is 0 Å². The molecule has 2 heteroatoms. The Morgan fingerprint density at radius 2 is 1.81 bits per heavy atom. The van der Waals surface area contributed by atoms with E-state index in [1.54, 1.807) is 0 Å². The van der Waals surface area contributed by atoms with Gasteiger partial charge in [-0.1, -0.05) is 45.8 Å². The smallest absolute Gasteiger partial charge is 0.0630 e. The van der Waals surface area contributed by atoms with Crippen LogP contribution in [-0.2, 0) is 0 Å². The summed E-state index contributed by atoms with van der Waals surface area (Å²) < 4.78 is 1.07. The molecular formula is C14H12BrN. The molecule has 0 spiro atoms. The van der Waals surface area contributed by atoms with E-state index in [0.717, 1.165) is 15.7 Å². The van der Waals surface area contributed by atoms with Crippen LogP contribution < -0.4 is 0 Å². The number of nitrogens with zero attached hydrogens (tertiary/aromatic N) is 1. The summed E-state index contributed by atoms with van der Waals surface area (Å²) in [7, 11) is 0. The van der Waals surface area contributed by atoms with E-state index in [-0.39, 0.29) is 0 Å². The predicted octanol–water partition coefficient (Wildman–Crippen LogP) is 4.51. The van der Waals surface area contributed by atoms with Crippen LogP contribution in [0, 0.1) is 6.92 Å². The van der Waals surface area contributed by atoms with Crippen LogP contribution in [0.2, 0.25) is 0 Å². The summed E-state index contributed by atoms with van der Waals surface area (Å²) in [5.41, 5.74) is 3.32. The van der Waals surface area contributed by atoms with Crippen molar-refractivity contribution in [3.63, 3.8) is 0 Å². The van der Waals surface area contributed by atoms with Crippen molar-refractivity contribution in [3.8, 4) is 0 Å². The summed E-state index contributed by atoms with van der Waals surface area (Å²) in [6.45, 7) is 2.07. The van der Waals surface area contributed by atoms with Gasteiger partial charge in [0.1, 0.15) is 0 Å². The zero-order valence-electron chi connectivity index (χ0n) is 9.02. The lowest BCUT2D eigenvalue weighted by molar-refractivity contribution is 1.44. The fourth-order valence-corrected chi connectivity index (χ4v) is 1.78. The summed E-state index contributed by atoms with van der Waals surface area (Å²) in [4.78, 5) is 4.41. The van der Waals surface area contributed by atoms with Crippen LogP contribution in [0.3, 0.4) is 0 Å². The number of hydrogen-bond acceptors (Lipinski definition) is 1. The molecule has 2 aromatic rings. The lowest BCUT2D eigenvalue weighted by atomic mass is 10.2. The highest BCUT2D eigenvalue weighted by molar-refractivity contribution is 9.10. The van der Waals surface area contributed by atoms with Gasteiger partial charge in [-0.25, -0.2) is 0 Å². The quantitative estimate of drug-likeness (QED) is 0.714. The number of aryl methyl sites for hydroxylation is 1. The number of hydrogen-bond donors (Lipinski definition) is 0. The van der Waals surface area contributed by atoms with Crippen LogP contribution in [-0.4, -0.2) is 6.21 Å². The third-order valence-electron chi connectivity index (χ3n) is 2.25. The molecule has 0 amide bonds. The monoisotopic (exact) mass is 273 g/mol. The van der Waals surface area contributed by atoms with Crippen molar-refractivity contribution < 1.29 is 0 Å². The molecule has 0 radical (unpaired) electrons. The molecule has 0 saturated carbocycles. The van der Waals surface area contributed by atoms with Crippen molar-refractivity contribution in [2.45, 2.75) is 6.92 Å². The molecule has 16 heavy (non-hydrogen) atoms. The molecular weight excluding hydrogens is 262 g/mol. The molecule has 2 aromatic carbocycles. The number of aliphatic imine (C=N–C) groups is 1. The van der Waals surface area contributed by atoms with Gasteiger partial charge in [0.15, 0.2) is 0 Å². The van der Waals surface area contributed by atoms with Crippen molar-refractivity contribution in [3.05, 3.63) is 64.1 Å². The minimum Gasteiger partial charge on any atom is -0.256 e.